The van der Waals surface area contributed by atoms with E-state index in [9.17, 15) is 4.79 Å². The number of halogens is 1. The zero-order valence-corrected chi connectivity index (χ0v) is 8.42. The first-order valence-electron chi connectivity index (χ1n) is 4.29. The second-order valence-corrected chi connectivity index (χ2v) is 3.54. The Morgan fingerprint density at radius 3 is 3.13 bits per heavy atom. The Morgan fingerprint density at radius 1 is 1.60 bits per heavy atom. The molecule has 0 saturated carbocycles. The van der Waals surface area contributed by atoms with E-state index in [1.165, 1.54) is 9.08 Å². The fraction of sp³-hybridized carbons (Fsp3) is 0.222. The first kappa shape index (κ1) is 9.74. The maximum absolute atomic E-state index is 11.8. The molecule has 1 atom stereocenters. The Balaban J connectivity index is 2.50. The molecule has 2 rings (SSSR count). The summed E-state index contributed by atoms with van der Waals surface area (Å²) in [5, 5.41) is 11.8. The van der Waals surface area contributed by atoms with E-state index in [4.69, 9.17) is 16.9 Å². The van der Waals surface area contributed by atoms with Gasteiger partial charge in [-0.25, -0.2) is 4.52 Å². The van der Waals surface area contributed by atoms with Gasteiger partial charge in [-0.1, -0.05) is 0 Å². The summed E-state index contributed by atoms with van der Waals surface area (Å²) >= 11 is 5.65. The summed E-state index contributed by atoms with van der Waals surface area (Å²) in [6.07, 6.45) is 4.76. The molecule has 0 aromatic carbocycles. The van der Waals surface area contributed by atoms with Crippen LogP contribution in [0.1, 0.15) is 0 Å². The molecular formula is C9H7ClN4O. The second kappa shape index (κ2) is 3.75. The summed E-state index contributed by atoms with van der Waals surface area (Å²) in [5.41, 5.74) is 0.273. The van der Waals surface area contributed by atoms with Gasteiger partial charge in [-0.2, -0.15) is 10.4 Å². The topological polar surface area (TPSA) is 63.1 Å². The van der Waals surface area contributed by atoms with Crippen LogP contribution in [0, 0.1) is 11.3 Å². The quantitative estimate of drug-likeness (QED) is 0.700. The number of fused-ring (bicyclic) bond motifs is 1. The van der Waals surface area contributed by atoms with E-state index in [1.54, 1.807) is 24.7 Å². The highest BCUT2D eigenvalue weighted by Gasteiger charge is 2.07. The molecule has 0 N–H and O–H groups in total. The summed E-state index contributed by atoms with van der Waals surface area (Å²) in [7, 11) is 0. The molecule has 0 saturated heterocycles. The molecule has 76 valence electrons. The van der Waals surface area contributed by atoms with Gasteiger partial charge in [0.15, 0.2) is 0 Å². The van der Waals surface area contributed by atoms with E-state index in [0.29, 0.717) is 5.52 Å². The van der Waals surface area contributed by atoms with Crippen molar-refractivity contribution in [3.8, 4) is 6.07 Å². The van der Waals surface area contributed by atoms with E-state index < -0.39 is 5.38 Å². The minimum atomic E-state index is -0.701. The lowest BCUT2D eigenvalue weighted by atomic mass is 10.4. The molecule has 2 aromatic rings. The standard InChI is InChI=1S/C9H7ClN4O/c10-7(5-11)6-13-3-4-14-8(9(13)15)1-2-12-14/h1-4,7H,6H2. The van der Waals surface area contributed by atoms with E-state index >= 15 is 0 Å². The lowest BCUT2D eigenvalue weighted by Crippen LogP contribution is -2.24. The summed E-state index contributed by atoms with van der Waals surface area (Å²) in [5.74, 6) is 0. The van der Waals surface area contributed by atoms with Crippen molar-refractivity contribution in [3.05, 3.63) is 35.0 Å². The number of nitrogens with zero attached hydrogens (tertiary/aromatic N) is 4. The fourth-order valence-electron chi connectivity index (χ4n) is 1.32. The molecule has 0 fully saturated rings. The highest BCUT2D eigenvalue weighted by molar-refractivity contribution is 6.22. The Bertz CT molecular complexity index is 580. The average molecular weight is 223 g/mol. The molecule has 1 unspecified atom stereocenters. The largest absolute Gasteiger partial charge is 0.310 e. The summed E-state index contributed by atoms with van der Waals surface area (Å²) < 4.78 is 2.88. The number of nitriles is 1. The first-order chi connectivity index (χ1) is 7.22. The normalized spacial score (nSPS) is 12.5. The lowest BCUT2D eigenvalue weighted by Gasteiger charge is -2.05. The van der Waals surface area contributed by atoms with Gasteiger partial charge >= 0.3 is 0 Å². The monoisotopic (exact) mass is 222 g/mol. The van der Waals surface area contributed by atoms with Gasteiger partial charge in [-0.05, 0) is 6.07 Å². The van der Waals surface area contributed by atoms with Crippen LogP contribution < -0.4 is 5.56 Å². The van der Waals surface area contributed by atoms with Crippen molar-refractivity contribution in [1.29, 1.82) is 5.26 Å². The van der Waals surface area contributed by atoms with Crippen LogP contribution in [0.25, 0.3) is 5.52 Å². The van der Waals surface area contributed by atoms with Crippen molar-refractivity contribution in [3.63, 3.8) is 0 Å². The van der Waals surface area contributed by atoms with E-state index in [-0.39, 0.29) is 12.1 Å². The zero-order chi connectivity index (χ0) is 10.8. The molecule has 15 heavy (non-hydrogen) atoms. The van der Waals surface area contributed by atoms with Crippen LogP contribution in [0.2, 0.25) is 0 Å². The molecule has 5 nitrogen and oxygen atoms in total. The number of alkyl halides is 1. The summed E-state index contributed by atoms with van der Waals surface area (Å²) in [6, 6.07) is 3.49. The van der Waals surface area contributed by atoms with Crippen LogP contribution in [-0.4, -0.2) is 19.6 Å². The highest BCUT2D eigenvalue weighted by Crippen LogP contribution is 1.99. The van der Waals surface area contributed by atoms with Gasteiger partial charge in [0, 0.05) is 12.4 Å². The summed E-state index contributed by atoms with van der Waals surface area (Å²) in [4.78, 5) is 11.8. The first-order valence-corrected chi connectivity index (χ1v) is 4.72. The van der Waals surface area contributed by atoms with Crippen LogP contribution in [0.4, 0.5) is 0 Å². The molecule has 0 aliphatic rings. The van der Waals surface area contributed by atoms with Gasteiger partial charge in [-0.15, -0.1) is 11.6 Å². The molecule has 2 heterocycles. The number of hydrogen-bond acceptors (Lipinski definition) is 3. The van der Waals surface area contributed by atoms with Gasteiger partial charge < -0.3 is 4.57 Å². The SMILES string of the molecule is N#CC(Cl)Cn1ccn2nccc2c1=O. The van der Waals surface area contributed by atoms with Crippen molar-refractivity contribution >= 4 is 17.1 Å². The van der Waals surface area contributed by atoms with Gasteiger partial charge in [0.2, 0.25) is 0 Å². The lowest BCUT2D eigenvalue weighted by molar-refractivity contribution is 0.682. The van der Waals surface area contributed by atoms with Gasteiger partial charge in [0.05, 0.1) is 18.8 Å². The van der Waals surface area contributed by atoms with E-state index in [1.807, 2.05) is 6.07 Å². The van der Waals surface area contributed by atoms with Crippen LogP contribution in [0.3, 0.4) is 0 Å². The molecule has 0 amide bonds. The van der Waals surface area contributed by atoms with Crippen molar-refractivity contribution in [2.45, 2.75) is 11.9 Å². The molecule has 0 aliphatic heterocycles. The predicted molar refractivity (Wildman–Crippen MR) is 54.7 cm³/mol. The Morgan fingerprint density at radius 2 is 2.40 bits per heavy atom. The van der Waals surface area contributed by atoms with Crippen molar-refractivity contribution in [1.82, 2.24) is 14.2 Å². The number of aromatic nitrogens is 3. The Kier molecular flexibility index (Phi) is 2.44. The highest BCUT2D eigenvalue weighted by atomic mass is 35.5. The van der Waals surface area contributed by atoms with Gasteiger partial charge in [0.1, 0.15) is 10.9 Å². The van der Waals surface area contributed by atoms with Crippen molar-refractivity contribution < 1.29 is 0 Å². The third kappa shape index (κ3) is 1.72. The molecule has 0 radical (unpaired) electrons. The number of rotatable bonds is 2. The van der Waals surface area contributed by atoms with Crippen molar-refractivity contribution in [2.24, 2.45) is 0 Å². The van der Waals surface area contributed by atoms with Crippen LogP contribution in [-0.2, 0) is 6.54 Å². The fourth-order valence-corrected chi connectivity index (χ4v) is 1.47. The molecule has 2 aromatic heterocycles. The van der Waals surface area contributed by atoms with Crippen molar-refractivity contribution in [2.75, 3.05) is 0 Å². The zero-order valence-electron chi connectivity index (χ0n) is 7.67. The van der Waals surface area contributed by atoms with Crippen LogP contribution >= 0.6 is 11.6 Å². The molecule has 0 aliphatic carbocycles. The smallest absolute Gasteiger partial charge is 0.276 e. The third-order valence-electron chi connectivity index (χ3n) is 2.04. The Labute approximate surface area is 90.1 Å². The van der Waals surface area contributed by atoms with Gasteiger partial charge in [0.25, 0.3) is 5.56 Å². The minimum absolute atomic E-state index is 0.179. The van der Waals surface area contributed by atoms with Gasteiger partial charge in [-0.3, -0.25) is 4.79 Å². The Hall–Kier alpha value is -1.80. The minimum Gasteiger partial charge on any atom is -0.310 e. The maximum Gasteiger partial charge on any atom is 0.276 e. The molecular weight excluding hydrogens is 216 g/mol. The second-order valence-electron chi connectivity index (χ2n) is 3.01. The average Bonchev–Trinajstić information content (AvgIpc) is 2.70. The summed E-state index contributed by atoms with van der Waals surface area (Å²) in [6.45, 7) is 0.179. The molecule has 0 spiro atoms. The van der Waals surface area contributed by atoms with Crippen LogP contribution in [0.15, 0.2) is 29.5 Å². The molecule has 6 heteroatoms. The maximum atomic E-state index is 11.8. The van der Waals surface area contributed by atoms with Crippen LogP contribution in [0.5, 0.6) is 0 Å². The van der Waals surface area contributed by atoms with E-state index in [2.05, 4.69) is 5.10 Å². The molecule has 0 bridgehead atoms. The predicted octanol–water partition coefficient (Wildman–Crippen LogP) is 0.627. The third-order valence-corrected chi connectivity index (χ3v) is 2.27. The number of hydrogen-bond donors (Lipinski definition) is 0. The van der Waals surface area contributed by atoms with E-state index in [0.717, 1.165) is 0 Å².